The number of aromatic nitrogens is 4. The van der Waals surface area contributed by atoms with Crippen molar-refractivity contribution in [2.75, 3.05) is 19.6 Å². The smallest absolute Gasteiger partial charge is 0.264 e. The zero-order valence-electron chi connectivity index (χ0n) is 17.5. The van der Waals surface area contributed by atoms with Crippen molar-refractivity contribution in [3.63, 3.8) is 0 Å². The molecule has 0 spiro atoms. The van der Waals surface area contributed by atoms with Crippen LogP contribution in [0, 0.1) is 5.92 Å². The van der Waals surface area contributed by atoms with Crippen molar-refractivity contribution >= 4 is 16.9 Å². The van der Waals surface area contributed by atoms with E-state index in [1.54, 1.807) is 11.7 Å². The first-order valence-electron chi connectivity index (χ1n) is 10.5. The number of likely N-dealkylation sites (tertiary alicyclic amines) is 1. The van der Waals surface area contributed by atoms with Crippen LogP contribution in [0.1, 0.15) is 31.4 Å². The van der Waals surface area contributed by atoms with Gasteiger partial charge in [0.15, 0.2) is 5.65 Å². The molecule has 1 fully saturated rings. The molecule has 3 heterocycles. The number of fused-ring (bicyclic) bond motifs is 1. The maximum atomic E-state index is 12.6. The monoisotopic (exact) mass is 408 g/mol. The summed E-state index contributed by atoms with van der Waals surface area (Å²) in [6, 6.07) is 10.4. The van der Waals surface area contributed by atoms with Crippen molar-refractivity contribution < 1.29 is 4.79 Å². The minimum Gasteiger partial charge on any atom is -0.353 e. The molecule has 1 aliphatic heterocycles. The summed E-state index contributed by atoms with van der Waals surface area (Å²) >= 11 is 0. The summed E-state index contributed by atoms with van der Waals surface area (Å²) in [5.41, 5.74) is 1.45. The van der Waals surface area contributed by atoms with Crippen LogP contribution in [0.15, 0.2) is 47.7 Å². The normalized spacial score (nSPS) is 16.6. The standard InChI is InChI=1S/C22H28N6O2/c1-16-8-10-27(11-9-16)19(17-6-4-3-5-7-17)13-23-20(29)14-28-15-24-21-18(22(28)30)12-25-26(21)2/h3-7,12,15-16,19H,8-11,13-14H2,1-2H3,(H,23,29). The number of hydrogen-bond acceptors (Lipinski definition) is 5. The average Bonchev–Trinajstić information content (AvgIpc) is 3.14. The lowest BCUT2D eigenvalue weighted by Crippen LogP contribution is -2.43. The molecule has 1 amide bonds. The SMILES string of the molecule is CC1CCN(C(CNC(=O)Cn2cnc3c(cnn3C)c2=O)c2ccccc2)CC1. The van der Waals surface area contributed by atoms with E-state index in [1.165, 1.54) is 35.5 Å². The molecule has 4 rings (SSSR count). The Morgan fingerprint density at radius 2 is 1.97 bits per heavy atom. The molecule has 0 aliphatic carbocycles. The minimum atomic E-state index is -0.257. The molecule has 3 aromatic rings. The van der Waals surface area contributed by atoms with Crippen LogP contribution in [0.3, 0.4) is 0 Å². The van der Waals surface area contributed by atoms with Crippen molar-refractivity contribution in [1.29, 1.82) is 0 Å². The number of nitrogens with zero attached hydrogens (tertiary/aromatic N) is 5. The van der Waals surface area contributed by atoms with Gasteiger partial charge in [-0.2, -0.15) is 5.10 Å². The molecular formula is C22H28N6O2. The molecule has 0 bridgehead atoms. The Morgan fingerprint density at radius 1 is 1.23 bits per heavy atom. The highest BCUT2D eigenvalue weighted by molar-refractivity contribution is 5.77. The van der Waals surface area contributed by atoms with Gasteiger partial charge in [-0.15, -0.1) is 0 Å². The van der Waals surface area contributed by atoms with Gasteiger partial charge >= 0.3 is 0 Å². The molecule has 1 saturated heterocycles. The van der Waals surface area contributed by atoms with E-state index in [2.05, 4.69) is 39.4 Å². The van der Waals surface area contributed by atoms with E-state index in [0.717, 1.165) is 19.0 Å². The van der Waals surface area contributed by atoms with Gasteiger partial charge in [-0.25, -0.2) is 4.98 Å². The third-order valence-electron chi connectivity index (χ3n) is 5.97. The fourth-order valence-corrected chi connectivity index (χ4v) is 4.07. The third-order valence-corrected chi connectivity index (χ3v) is 5.97. The van der Waals surface area contributed by atoms with Gasteiger partial charge in [0.25, 0.3) is 5.56 Å². The summed E-state index contributed by atoms with van der Waals surface area (Å²) in [6.45, 7) is 4.79. The fourth-order valence-electron chi connectivity index (χ4n) is 4.07. The van der Waals surface area contributed by atoms with E-state index in [1.807, 2.05) is 18.2 Å². The van der Waals surface area contributed by atoms with E-state index in [0.29, 0.717) is 17.6 Å². The second kappa shape index (κ2) is 8.79. The second-order valence-corrected chi connectivity index (χ2v) is 8.13. The Hall–Kier alpha value is -3.00. The maximum Gasteiger partial charge on any atom is 0.264 e. The maximum absolute atomic E-state index is 12.6. The fraction of sp³-hybridized carbons (Fsp3) is 0.455. The number of nitrogens with one attached hydrogen (secondary N) is 1. The number of amides is 1. The van der Waals surface area contributed by atoms with Crippen molar-refractivity contribution in [2.24, 2.45) is 13.0 Å². The Morgan fingerprint density at radius 3 is 2.70 bits per heavy atom. The van der Waals surface area contributed by atoms with Gasteiger partial charge in [-0.05, 0) is 37.4 Å². The minimum absolute atomic E-state index is 0.0603. The van der Waals surface area contributed by atoms with Crippen molar-refractivity contribution in [1.82, 2.24) is 29.5 Å². The summed E-state index contributed by atoms with van der Waals surface area (Å²) in [4.78, 5) is 31.9. The van der Waals surface area contributed by atoms with Crippen molar-refractivity contribution in [2.45, 2.75) is 32.4 Å². The first-order valence-corrected chi connectivity index (χ1v) is 10.5. The predicted octanol–water partition coefficient (Wildman–Crippen LogP) is 1.72. The summed E-state index contributed by atoms with van der Waals surface area (Å²) in [7, 11) is 1.73. The van der Waals surface area contributed by atoms with Crippen molar-refractivity contribution in [3.8, 4) is 0 Å². The number of carbonyl (C=O) groups is 1. The number of carbonyl (C=O) groups excluding carboxylic acids is 1. The van der Waals surface area contributed by atoms with E-state index in [-0.39, 0.29) is 24.1 Å². The van der Waals surface area contributed by atoms with Gasteiger partial charge in [0.2, 0.25) is 5.91 Å². The van der Waals surface area contributed by atoms with Crippen LogP contribution in [0.4, 0.5) is 0 Å². The summed E-state index contributed by atoms with van der Waals surface area (Å²) in [5.74, 6) is 0.544. The highest BCUT2D eigenvalue weighted by atomic mass is 16.2. The lowest BCUT2D eigenvalue weighted by Gasteiger charge is -2.37. The van der Waals surface area contributed by atoms with Crippen LogP contribution >= 0.6 is 0 Å². The molecule has 2 aromatic heterocycles. The van der Waals surface area contributed by atoms with Crippen LogP contribution in [0.25, 0.3) is 11.0 Å². The summed E-state index contributed by atoms with van der Waals surface area (Å²) in [6.07, 6.45) is 5.24. The van der Waals surface area contributed by atoms with E-state index < -0.39 is 0 Å². The quantitative estimate of drug-likeness (QED) is 0.671. The van der Waals surface area contributed by atoms with Crippen LogP contribution in [0.5, 0.6) is 0 Å². The largest absolute Gasteiger partial charge is 0.353 e. The molecule has 1 aliphatic rings. The summed E-state index contributed by atoms with van der Waals surface area (Å²) in [5, 5.41) is 7.51. The Labute approximate surface area is 175 Å². The zero-order chi connectivity index (χ0) is 21.1. The van der Waals surface area contributed by atoms with Crippen LogP contribution in [0.2, 0.25) is 0 Å². The molecule has 0 saturated carbocycles. The first kappa shape index (κ1) is 20.3. The highest BCUT2D eigenvalue weighted by Crippen LogP contribution is 2.26. The molecular weight excluding hydrogens is 380 g/mol. The predicted molar refractivity (Wildman–Crippen MR) is 115 cm³/mol. The zero-order valence-corrected chi connectivity index (χ0v) is 17.5. The average molecular weight is 409 g/mol. The lowest BCUT2D eigenvalue weighted by molar-refractivity contribution is -0.122. The van der Waals surface area contributed by atoms with Crippen LogP contribution < -0.4 is 10.9 Å². The highest BCUT2D eigenvalue weighted by Gasteiger charge is 2.25. The molecule has 158 valence electrons. The summed E-state index contributed by atoms with van der Waals surface area (Å²) < 4.78 is 2.88. The molecule has 1 aromatic carbocycles. The second-order valence-electron chi connectivity index (χ2n) is 8.13. The van der Waals surface area contributed by atoms with E-state index in [9.17, 15) is 9.59 Å². The molecule has 1 N–H and O–H groups in total. The molecule has 1 unspecified atom stereocenters. The first-order chi connectivity index (χ1) is 14.5. The van der Waals surface area contributed by atoms with Gasteiger partial charge in [-0.3, -0.25) is 23.7 Å². The van der Waals surface area contributed by atoms with Gasteiger partial charge in [0, 0.05) is 13.6 Å². The Balaban J connectivity index is 1.45. The number of hydrogen-bond donors (Lipinski definition) is 1. The molecule has 8 nitrogen and oxygen atoms in total. The topological polar surface area (TPSA) is 85.1 Å². The van der Waals surface area contributed by atoms with E-state index >= 15 is 0 Å². The van der Waals surface area contributed by atoms with Gasteiger partial charge in [0.05, 0.1) is 12.2 Å². The van der Waals surface area contributed by atoms with E-state index in [4.69, 9.17) is 0 Å². The van der Waals surface area contributed by atoms with Gasteiger partial charge in [0.1, 0.15) is 18.3 Å². The molecule has 0 radical (unpaired) electrons. The van der Waals surface area contributed by atoms with Crippen molar-refractivity contribution in [3.05, 3.63) is 58.8 Å². The Bertz CT molecular complexity index is 1070. The number of piperidine rings is 1. The Kier molecular flexibility index (Phi) is 5.94. The van der Waals surface area contributed by atoms with Gasteiger partial charge < -0.3 is 5.32 Å². The number of benzene rings is 1. The molecule has 8 heteroatoms. The van der Waals surface area contributed by atoms with Crippen LogP contribution in [-0.2, 0) is 18.4 Å². The molecule has 1 atom stereocenters. The number of rotatable bonds is 6. The van der Waals surface area contributed by atoms with Gasteiger partial charge in [-0.1, -0.05) is 37.3 Å². The lowest BCUT2D eigenvalue weighted by atomic mass is 9.95. The molecule has 30 heavy (non-hydrogen) atoms. The third kappa shape index (κ3) is 4.28. The van der Waals surface area contributed by atoms with Crippen LogP contribution in [-0.4, -0.2) is 49.8 Å². The number of aryl methyl sites for hydroxylation is 1.